The number of aliphatic hydroxyl groups excluding tert-OH is 1. The van der Waals surface area contributed by atoms with Crippen LogP contribution in [0, 0.1) is 0 Å². The number of hydrogen-bond acceptors (Lipinski definition) is 6. The van der Waals surface area contributed by atoms with Crippen LogP contribution in [0.2, 0.25) is 0 Å². The summed E-state index contributed by atoms with van der Waals surface area (Å²) >= 11 is 0. The molecule has 0 saturated carbocycles. The van der Waals surface area contributed by atoms with Crippen LogP contribution in [-0.2, 0) is 13.1 Å². The second kappa shape index (κ2) is 10.1. The van der Waals surface area contributed by atoms with Gasteiger partial charge < -0.3 is 19.2 Å². The minimum Gasteiger partial charge on any atom is -0.491 e. The Morgan fingerprint density at radius 1 is 1.07 bits per heavy atom. The van der Waals surface area contributed by atoms with E-state index in [4.69, 9.17) is 9.15 Å². The summed E-state index contributed by atoms with van der Waals surface area (Å²) in [5.41, 5.74) is 2.91. The minimum absolute atomic E-state index is 0.327. The van der Waals surface area contributed by atoms with Gasteiger partial charge in [0.1, 0.15) is 24.0 Å². The summed E-state index contributed by atoms with van der Waals surface area (Å²) in [6.45, 7) is 4.63. The molecule has 3 aromatic rings. The molecule has 30 heavy (non-hydrogen) atoms. The lowest BCUT2D eigenvalue weighted by Crippen LogP contribution is -2.38. The van der Waals surface area contributed by atoms with Crippen molar-refractivity contribution in [3.05, 3.63) is 60.0 Å². The lowest BCUT2D eigenvalue weighted by Gasteiger charge is -2.28. The SMILES string of the molecule is CN(Cc1ccc(OCC(O)CN2CCCCC2)cc1)Cc1nc2ccccc2o1. The molecule has 2 aromatic carbocycles. The average Bonchev–Trinajstić information content (AvgIpc) is 3.16. The van der Waals surface area contributed by atoms with Crippen molar-refractivity contribution < 1.29 is 14.3 Å². The van der Waals surface area contributed by atoms with Gasteiger partial charge in [-0.1, -0.05) is 30.7 Å². The second-order valence-corrected chi connectivity index (χ2v) is 8.22. The number of nitrogens with zero attached hydrogens (tertiary/aromatic N) is 3. The monoisotopic (exact) mass is 409 g/mol. The Morgan fingerprint density at radius 3 is 2.60 bits per heavy atom. The zero-order chi connectivity index (χ0) is 20.8. The lowest BCUT2D eigenvalue weighted by molar-refractivity contribution is 0.0617. The Bertz CT molecular complexity index is 886. The quantitative estimate of drug-likeness (QED) is 0.582. The first-order valence-corrected chi connectivity index (χ1v) is 10.8. The van der Waals surface area contributed by atoms with Gasteiger partial charge in [-0.05, 0) is 62.8 Å². The van der Waals surface area contributed by atoms with Gasteiger partial charge in [-0.3, -0.25) is 4.90 Å². The van der Waals surface area contributed by atoms with Crippen LogP contribution in [0.3, 0.4) is 0 Å². The number of oxazole rings is 1. The second-order valence-electron chi connectivity index (χ2n) is 8.22. The normalized spacial score (nSPS) is 16.2. The summed E-state index contributed by atoms with van der Waals surface area (Å²) in [6.07, 6.45) is 3.32. The number of benzene rings is 2. The average molecular weight is 410 g/mol. The van der Waals surface area contributed by atoms with Crippen molar-refractivity contribution >= 4 is 11.1 Å². The van der Waals surface area contributed by atoms with E-state index in [1.165, 1.54) is 24.8 Å². The van der Waals surface area contributed by atoms with Crippen molar-refractivity contribution in [1.29, 1.82) is 0 Å². The van der Waals surface area contributed by atoms with Gasteiger partial charge in [0, 0.05) is 13.1 Å². The maximum absolute atomic E-state index is 10.2. The van der Waals surface area contributed by atoms with Crippen LogP contribution >= 0.6 is 0 Å². The summed E-state index contributed by atoms with van der Waals surface area (Å²) in [4.78, 5) is 9.03. The molecule has 160 valence electrons. The maximum atomic E-state index is 10.2. The van der Waals surface area contributed by atoms with Gasteiger partial charge in [0.2, 0.25) is 5.89 Å². The number of aromatic nitrogens is 1. The summed E-state index contributed by atoms with van der Waals surface area (Å²) < 4.78 is 11.6. The van der Waals surface area contributed by atoms with Gasteiger partial charge in [-0.25, -0.2) is 4.98 Å². The van der Waals surface area contributed by atoms with Gasteiger partial charge in [0.25, 0.3) is 0 Å². The highest BCUT2D eigenvalue weighted by Crippen LogP contribution is 2.18. The molecule has 1 atom stereocenters. The molecule has 0 spiro atoms. The molecule has 1 N–H and O–H groups in total. The van der Waals surface area contributed by atoms with Crippen LogP contribution in [-0.4, -0.2) is 59.3 Å². The number of rotatable bonds is 9. The van der Waals surface area contributed by atoms with E-state index >= 15 is 0 Å². The third kappa shape index (κ3) is 5.81. The Morgan fingerprint density at radius 2 is 1.83 bits per heavy atom. The molecule has 0 aliphatic carbocycles. The van der Waals surface area contributed by atoms with Gasteiger partial charge >= 0.3 is 0 Å². The zero-order valence-electron chi connectivity index (χ0n) is 17.7. The first-order valence-electron chi connectivity index (χ1n) is 10.8. The fourth-order valence-corrected chi connectivity index (χ4v) is 3.96. The molecule has 1 saturated heterocycles. The molecule has 0 amide bonds. The van der Waals surface area contributed by atoms with Crippen LogP contribution in [0.1, 0.15) is 30.7 Å². The maximum Gasteiger partial charge on any atom is 0.209 e. The molecule has 1 fully saturated rings. The van der Waals surface area contributed by atoms with E-state index in [9.17, 15) is 5.11 Å². The summed E-state index contributed by atoms with van der Waals surface area (Å²) in [6, 6.07) is 15.9. The molecule has 1 aromatic heterocycles. The van der Waals surface area contributed by atoms with Crippen molar-refractivity contribution in [1.82, 2.24) is 14.8 Å². The van der Waals surface area contributed by atoms with Gasteiger partial charge in [0.15, 0.2) is 5.58 Å². The number of ether oxygens (including phenoxy) is 1. The van der Waals surface area contributed by atoms with Crippen LogP contribution < -0.4 is 4.74 Å². The van der Waals surface area contributed by atoms with Crippen molar-refractivity contribution in [3.63, 3.8) is 0 Å². The van der Waals surface area contributed by atoms with Crippen LogP contribution in [0.4, 0.5) is 0 Å². The predicted molar refractivity (Wildman–Crippen MR) is 117 cm³/mol. The zero-order valence-corrected chi connectivity index (χ0v) is 17.7. The molecule has 2 heterocycles. The lowest BCUT2D eigenvalue weighted by atomic mass is 10.1. The standard InChI is InChI=1S/C24H31N3O3/c1-26(17-24-25-22-7-3-4-8-23(22)30-24)15-19-9-11-21(12-10-19)29-18-20(28)16-27-13-5-2-6-14-27/h3-4,7-12,20,28H,2,5-6,13-18H2,1H3. The molecule has 1 aliphatic rings. The van der Waals surface area contributed by atoms with E-state index in [0.717, 1.165) is 42.4 Å². The van der Waals surface area contributed by atoms with Gasteiger partial charge in [-0.15, -0.1) is 0 Å². The van der Waals surface area contributed by atoms with Crippen molar-refractivity contribution in [2.24, 2.45) is 0 Å². The van der Waals surface area contributed by atoms with Crippen LogP contribution in [0.15, 0.2) is 52.9 Å². The van der Waals surface area contributed by atoms with Crippen molar-refractivity contribution in [3.8, 4) is 5.75 Å². The fraction of sp³-hybridized carbons (Fsp3) is 0.458. The number of para-hydroxylation sites is 2. The van der Waals surface area contributed by atoms with Crippen molar-refractivity contribution in [2.75, 3.05) is 33.3 Å². The fourth-order valence-electron chi connectivity index (χ4n) is 3.96. The molecule has 0 bridgehead atoms. The van der Waals surface area contributed by atoms with Crippen molar-refractivity contribution in [2.45, 2.75) is 38.5 Å². The third-order valence-corrected chi connectivity index (χ3v) is 5.48. The molecule has 1 unspecified atom stereocenters. The highest BCUT2D eigenvalue weighted by atomic mass is 16.5. The van der Waals surface area contributed by atoms with Crippen LogP contribution in [0.25, 0.3) is 11.1 Å². The predicted octanol–water partition coefficient (Wildman–Crippen LogP) is 3.69. The summed E-state index contributed by atoms with van der Waals surface area (Å²) in [5.74, 6) is 1.51. The Balaban J connectivity index is 1.22. The first kappa shape index (κ1) is 20.8. The van der Waals surface area contributed by atoms with E-state index in [1.807, 2.05) is 36.4 Å². The molecule has 4 rings (SSSR count). The summed E-state index contributed by atoms with van der Waals surface area (Å²) in [5, 5.41) is 10.2. The molecular formula is C24H31N3O3. The number of fused-ring (bicyclic) bond motifs is 1. The molecular weight excluding hydrogens is 378 g/mol. The van der Waals surface area contributed by atoms with E-state index in [1.54, 1.807) is 0 Å². The van der Waals surface area contributed by atoms with E-state index in [-0.39, 0.29) is 0 Å². The highest BCUT2D eigenvalue weighted by Gasteiger charge is 2.15. The molecule has 6 nitrogen and oxygen atoms in total. The van der Waals surface area contributed by atoms with Gasteiger partial charge in [-0.2, -0.15) is 0 Å². The number of β-amino-alcohol motifs (C(OH)–C–C–N with tert-alkyl or cyclic N) is 1. The number of likely N-dealkylation sites (tertiary alicyclic amines) is 1. The number of hydrogen-bond donors (Lipinski definition) is 1. The Kier molecular flexibility index (Phi) is 7.00. The van der Waals surface area contributed by atoms with Crippen LogP contribution in [0.5, 0.6) is 5.75 Å². The smallest absolute Gasteiger partial charge is 0.209 e. The van der Waals surface area contributed by atoms with E-state index in [0.29, 0.717) is 19.7 Å². The Labute approximate surface area is 178 Å². The number of piperidine rings is 1. The van der Waals surface area contributed by atoms with Gasteiger partial charge in [0.05, 0.1) is 6.54 Å². The van der Waals surface area contributed by atoms with E-state index < -0.39 is 6.10 Å². The number of aliphatic hydroxyl groups is 1. The molecule has 6 heteroatoms. The minimum atomic E-state index is -0.454. The Hall–Kier alpha value is -2.41. The molecule has 0 radical (unpaired) electrons. The van der Waals surface area contributed by atoms with E-state index in [2.05, 4.69) is 34.0 Å². The highest BCUT2D eigenvalue weighted by molar-refractivity contribution is 5.72. The molecule has 1 aliphatic heterocycles. The topological polar surface area (TPSA) is 62.0 Å². The third-order valence-electron chi connectivity index (χ3n) is 5.48. The summed E-state index contributed by atoms with van der Waals surface area (Å²) in [7, 11) is 2.05. The largest absolute Gasteiger partial charge is 0.491 e. The first-order chi connectivity index (χ1) is 14.7.